The first-order chi connectivity index (χ1) is 13.0. The number of benzene rings is 1. The van der Waals surface area contributed by atoms with Gasteiger partial charge in [0.25, 0.3) is 0 Å². The van der Waals surface area contributed by atoms with Gasteiger partial charge in [-0.1, -0.05) is 17.8 Å². The number of phenols is 2. The lowest BCUT2D eigenvalue weighted by Crippen LogP contribution is -2.15. The van der Waals surface area contributed by atoms with E-state index in [9.17, 15) is 19.8 Å². The van der Waals surface area contributed by atoms with Crippen molar-refractivity contribution in [3.63, 3.8) is 0 Å². The maximum Gasteiger partial charge on any atom is 0.219 e. The minimum atomic E-state index is -0.443. The van der Waals surface area contributed by atoms with Crippen LogP contribution in [0.4, 0.5) is 0 Å². The molecule has 0 radical (unpaired) electrons. The average molecular weight is 404 g/mol. The number of rotatable bonds is 8. The van der Waals surface area contributed by atoms with Gasteiger partial charge in [0.2, 0.25) is 5.91 Å². The van der Waals surface area contributed by atoms with E-state index in [-0.39, 0.29) is 35.0 Å². The number of hydrogen-bond donors (Lipinski definition) is 3. The number of aromatic hydroxyl groups is 2. The molecular formula is C17H16N4O4S2. The van der Waals surface area contributed by atoms with Crippen LogP contribution in [0, 0.1) is 0 Å². The summed E-state index contributed by atoms with van der Waals surface area (Å²) in [5.74, 6) is -0.550. The third kappa shape index (κ3) is 4.47. The first-order valence-corrected chi connectivity index (χ1v) is 9.75. The van der Waals surface area contributed by atoms with Gasteiger partial charge in [-0.15, -0.1) is 21.5 Å². The summed E-state index contributed by atoms with van der Waals surface area (Å²) in [6, 6.07) is 7.59. The molecule has 1 aromatic carbocycles. The normalized spacial score (nSPS) is 10.8. The summed E-state index contributed by atoms with van der Waals surface area (Å²) in [6.07, 6.45) is 0.122. The maximum absolute atomic E-state index is 12.4. The Balaban J connectivity index is 1.79. The standard InChI is InChI=1S/C17H16N4O4S2/c18-15(25)5-6-21-16(14-2-1-7-26-14)19-20-17(21)27-9-13(24)11-4-3-10(22)8-12(11)23/h1-4,7-8,22-23H,5-6,9H2,(H2,18,25). The van der Waals surface area contributed by atoms with Crippen molar-refractivity contribution >= 4 is 34.8 Å². The molecule has 10 heteroatoms. The second-order valence-corrected chi connectivity index (χ2v) is 7.45. The molecule has 3 aromatic rings. The average Bonchev–Trinajstić information content (AvgIpc) is 3.27. The first-order valence-electron chi connectivity index (χ1n) is 7.89. The Labute approximate surface area is 162 Å². The molecule has 0 unspecified atom stereocenters. The number of aromatic nitrogens is 3. The zero-order valence-electron chi connectivity index (χ0n) is 14.0. The van der Waals surface area contributed by atoms with Crippen molar-refractivity contribution < 1.29 is 19.8 Å². The lowest BCUT2D eigenvalue weighted by molar-refractivity contribution is -0.118. The highest BCUT2D eigenvalue weighted by Gasteiger charge is 2.18. The number of nitrogens with two attached hydrogens (primary N) is 1. The summed E-state index contributed by atoms with van der Waals surface area (Å²) >= 11 is 2.64. The summed E-state index contributed by atoms with van der Waals surface area (Å²) in [5, 5.41) is 29.8. The number of thiophene rings is 1. The predicted molar refractivity (Wildman–Crippen MR) is 102 cm³/mol. The number of carbonyl (C=O) groups excluding carboxylic acids is 2. The van der Waals surface area contributed by atoms with Crippen molar-refractivity contribution in [2.75, 3.05) is 5.75 Å². The van der Waals surface area contributed by atoms with Gasteiger partial charge in [0, 0.05) is 19.0 Å². The van der Waals surface area contributed by atoms with Gasteiger partial charge in [-0.25, -0.2) is 0 Å². The smallest absolute Gasteiger partial charge is 0.219 e. The van der Waals surface area contributed by atoms with Gasteiger partial charge in [0.1, 0.15) is 11.5 Å². The van der Waals surface area contributed by atoms with Crippen molar-refractivity contribution in [2.24, 2.45) is 5.73 Å². The van der Waals surface area contributed by atoms with Crippen LogP contribution in [0.1, 0.15) is 16.8 Å². The highest BCUT2D eigenvalue weighted by Crippen LogP contribution is 2.29. The van der Waals surface area contributed by atoms with Gasteiger partial charge >= 0.3 is 0 Å². The van der Waals surface area contributed by atoms with Crippen molar-refractivity contribution in [1.82, 2.24) is 14.8 Å². The Morgan fingerprint density at radius 2 is 2.04 bits per heavy atom. The highest BCUT2D eigenvalue weighted by molar-refractivity contribution is 7.99. The molecule has 0 saturated carbocycles. The van der Waals surface area contributed by atoms with E-state index in [0.29, 0.717) is 17.5 Å². The number of carbonyl (C=O) groups is 2. The van der Waals surface area contributed by atoms with E-state index < -0.39 is 5.91 Å². The van der Waals surface area contributed by atoms with Crippen LogP contribution in [0.3, 0.4) is 0 Å². The van der Waals surface area contributed by atoms with Crippen molar-refractivity contribution in [3.05, 3.63) is 41.3 Å². The lowest BCUT2D eigenvalue weighted by Gasteiger charge is -2.08. The number of phenolic OH excluding ortho intramolecular Hbond substituents is 2. The van der Waals surface area contributed by atoms with E-state index in [1.165, 1.54) is 23.5 Å². The third-order valence-electron chi connectivity index (χ3n) is 3.65. The van der Waals surface area contributed by atoms with Crippen LogP contribution in [0.15, 0.2) is 40.9 Å². The maximum atomic E-state index is 12.4. The Bertz CT molecular complexity index is 969. The van der Waals surface area contributed by atoms with Crippen LogP contribution in [-0.4, -0.2) is 42.4 Å². The molecule has 27 heavy (non-hydrogen) atoms. The second-order valence-electron chi connectivity index (χ2n) is 5.56. The zero-order chi connectivity index (χ0) is 19.4. The Hall–Kier alpha value is -2.85. The summed E-state index contributed by atoms with van der Waals surface area (Å²) in [5.41, 5.74) is 5.37. The quantitative estimate of drug-likeness (QED) is 0.388. The molecule has 0 aliphatic carbocycles. The molecule has 0 aliphatic heterocycles. The summed E-state index contributed by atoms with van der Waals surface area (Å²) in [4.78, 5) is 24.4. The number of thioether (sulfide) groups is 1. The predicted octanol–water partition coefficient (Wildman–Crippen LogP) is 2.27. The van der Waals surface area contributed by atoms with Gasteiger partial charge in [0.05, 0.1) is 16.2 Å². The molecule has 0 spiro atoms. The van der Waals surface area contributed by atoms with Crippen molar-refractivity contribution in [3.8, 4) is 22.2 Å². The topological polar surface area (TPSA) is 131 Å². The van der Waals surface area contributed by atoms with Crippen LogP contribution >= 0.6 is 23.1 Å². The van der Waals surface area contributed by atoms with Crippen LogP contribution in [0.5, 0.6) is 11.5 Å². The summed E-state index contributed by atoms with van der Waals surface area (Å²) in [7, 11) is 0. The van der Waals surface area contributed by atoms with Crippen LogP contribution in [0.2, 0.25) is 0 Å². The van der Waals surface area contributed by atoms with E-state index in [0.717, 1.165) is 22.7 Å². The molecule has 1 amide bonds. The minimum Gasteiger partial charge on any atom is -0.508 e. The number of amides is 1. The fourth-order valence-electron chi connectivity index (χ4n) is 2.37. The summed E-state index contributed by atoms with van der Waals surface area (Å²) in [6.45, 7) is 0.302. The van der Waals surface area contributed by atoms with Crippen LogP contribution < -0.4 is 5.73 Å². The molecule has 0 saturated heterocycles. The molecular weight excluding hydrogens is 388 g/mol. The van der Waals surface area contributed by atoms with Crippen molar-refractivity contribution in [2.45, 2.75) is 18.1 Å². The SMILES string of the molecule is NC(=O)CCn1c(SCC(=O)c2ccc(O)cc2O)nnc1-c1cccs1. The van der Waals surface area contributed by atoms with Gasteiger partial charge < -0.3 is 20.5 Å². The van der Waals surface area contributed by atoms with E-state index >= 15 is 0 Å². The van der Waals surface area contributed by atoms with E-state index in [1.54, 1.807) is 4.57 Å². The number of Topliss-reactive ketones (excluding diaryl/α,β-unsaturated/α-hetero) is 1. The molecule has 0 bridgehead atoms. The van der Waals surface area contributed by atoms with Gasteiger partial charge in [-0.2, -0.15) is 0 Å². The van der Waals surface area contributed by atoms with Gasteiger partial charge in [-0.05, 0) is 23.6 Å². The molecule has 2 heterocycles. The number of ketones is 1. The minimum absolute atomic E-state index is 0.0114. The lowest BCUT2D eigenvalue weighted by atomic mass is 10.1. The molecule has 4 N–H and O–H groups in total. The molecule has 0 fully saturated rings. The molecule has 0 atom stereocenters. The molecule has 8 nitrogen and oxygen atoms in total. The Morgan fingerprint density at radius 3 is 2.70 bits per heavy atom. The Morgan fingerprint density at radius 1 is 1.22 bits per heavy atom. The van der Waals surface area contributed by atoms with E-state index in [4.69, 9.17) is 5.73 Å². The molecule has 2 aromatic heterocycles. The van der Waals surface area contributed by atoms with Crippen LogP contribution in [0.25, 0.3) is 10.7 Å². The monoisotopic (exact) mass is 404 g/mol. The number of nitrogens with zero attached hydrogens (tertiary/aromatic N) is 3. The van der Waals surface area contributed by atoms with Crippen LogP contribution in [-0.2, 0) is 11.3 Å². The zero-order valence-corrected chi connectivity index (χ0v) is 15.7. The number of hydrogen-bond acceptors (Lipinski definition) is 8. The van der Waals surface area contributed by atoms with Crippen molar-refractivity contribution in [1.29, 1.82) is 0 Å². The molecule has 0 aliphatic rings. The molecule has 3 rings (SSSR count). The second kappa shape index (κ2) is 8.23. The van der Waals surface area contributed by atoms with E-state index in [2.05, 4.69) is 10.2 Å². The Kier molecular flexibility index (Phi) is 5.77. The first kappa shape index (κ1) is 18.9. The van der Waals surface area contributed by atoms with Gasteiger partial charge in [0.15, 0.2) is 16.8 Å². The fraction of sp³-hybridized carbons (Fsp3) is 0.176. The van der Waals surface area contributed by atoms with Gasteiger partial charge in [-0.3, -0.25) is 9.59 Å². The third-order valence-corrected chi connectivity index (χ3v) is 5.49. The largest absolute Gasteiger partial charge is 0.508 e. The molecule has 140 valence electrons. The highest BCUT2D eigenvalue weighted by atomic mass is 32.2. The fourth-order valence-corrected chi connectivity index (χ4v) is 3.94. The summed E-state index contributed by atoms with van der Waals surface area (Å²) < 4.78 is 1.76. The van der Waals surface area contributed by atoms with E-state index in [1.807, 2.05) is 17.5 Å². The number of primary amides is 1.